The van der Waals surface area contributed by atoms with Gasteiger partial charge < -0.3 is 4.90 Å². The number of thioether (sulfide) groups is 1. The Balaban J connectivity index is 1.59. The smallest absolute Gasteiger partial charge is 0.262 e. The van der Waals surface area contributed by atoms with Gasteiger partial charge in [0.1, 0.15) is 0 Å². The van der Waals surface area contributed by atoms with Crippen LogP contribution in [-0.2, 0) is 17.8 Å². The SMILES string of the molecule is CCCn1c(SCC(=O)N2CCc3ccccc32)nc2ccccc2c1=O. The zero-order valence-corrected chi connectivity index (χ0v) is 16.0. The minimum absolute atomic E-state index is 0.0380. The first kappa shape index (κ1) is 17.8. The van der Waals surface area contributed by atoms with E-state index in [4.69, 9.17) is 0 Å². The molecule has 0 atom stereocenters. The number of fused-ring (bicyclic) bond motifs is 2. The van der Waals surface area contributed by atoms with Crippen molar-refractivity contribution < 1.29 is 4.79 Å². The Morgan fingerprint density at radius 2 is 1.93 bits per heavy atom. The average molecular weight is 379 g/mol. The molecule has 5 nitrogen and oxygen atoms in total. The Labute approximate surface area is 162 Å². The van der Waals surface area contributed by atoms with Crippen molar-refractivity contribution in [2.24, 2.45) is 0 Å². The van der Waals surface area contributed by atoms with Gasteiger partial charge in [-0.15, -0.1) is 0 Å². The zero-order chi connectivity index (χ0) is 18.8. The molecule has 0 bridgehead atoms. The van der Waals surface area contributed by atoms with Gasteiger partial charge >= 0.3 is 0 Å². The van der Waals surface area contributed by atoms with E-state index in [9.17, 15) is 9.59 Å². The van der Waals surface area contributed by atoms with Crippen LogP contribution >= 0.6 is 11.8 Å². The van der Waals surface area contributed by atoms with Crippen molar-refractivity contribution in [3.63, 3.8) is 0 Å². The molecule has 2 heterocycles. The molecular formula is C21H21N3O2S. The Morgan fingerprint density at radius 3 is 2.78 bits per heavy atom. The van der Waals surface area contributed by atoms with Crippen LogP contribution in [0.5, 0.6) is 0 Å². The van der Waals surface area contributed by atoms with Crippen LogP contribution in [0.4, 0.5) is 5.69 Å². The summed E-state index contributed by atoms with van der Waals surface area (Å²) in [7, 11) is 0. The van der Waals surface area contributed by atoms with Crippen LogP contribution in [0.3, 0.4) is 0 Å². The summed E-state index contributed by atoms with van der Waals surface area (Å²) in [5.41, 5.74) is 2.85. The lowest BCUT2D eigenvalue weighted by Gasteiger charge is -2.18. The normalized spacial score (nSPS) is 13.1. The topological polar surface area (TPSA) is 55.2 Å². The summed E-state index contributed by atoms with van der Waals surface area (Å²) in [4.78, 5) is 32.1. The maximum absolute atomic E-state index is 12.8. The fourth-order valence-corrected chi connectivity index (χ4v) is 4.38. The summed E-state index contributed by atoms with van der Waals surface area (Å²) >= 11 is 1.35. The second-order valence-electron chi connectivity index (χ2n) is 6.58. The van der Waals surface area contributed by atoms with Crippen molar-refractivity contribution in [3.8, 4) is 0 Å². The first-order valence-corrected chi connectivity index (χ1v) is 10.2. The third-order valence-corrected chi connectivity index (χ3v) is 5.75. The number of rotatable bonds is 5. The number of nitrogens with zero attached hydrogens (tertiary/aromatic N) is 3. The molecule has 0 saturated heterocycles. The van der Waals surface area contributed by atoms with Crippen LogP contribution in [0.1, 0.15) is 18.9 Å². The number of carbonyl (C=O) groups is 1. The van der Waals surface area contributed by atoms with E-state index in [-0.39, 0.29) is 17.2 Å². The van der Waals surface area contributed by atoms with E-state index in [0.29, 0.717) is 29.1 Å². The third kappa shape index (κ3) is 3.37. The molecule has 0 N–H and O–H groups in total. The van der Waals surface area contributed by atoms with E-state index in [1.165, 1.54) is 17.3 Å². The van der Waals surface area contributed by atoms with E-state index in [0.717, 1.165) is 18.5 Å². The van der Waals surface area contributed by atoms with Gasteiger partial charge in [0.25, 0.3) is 5.56 Å². The molecule has 1 aliphatic rings. The van der Waals surface area contributed by atoms with Crippen LogP contribution in [0, 0.1) is 0 Å². The molecule has 1 aromatic heterocycles. The van der Waals surface area contributed by atoms with Crippen molar-refractivity contribution in [1.29, 1.82) is 0 Å². The molecule has 2 aromatic carbocycles. The van der Waals surface area contributed by atoms with E-state index < -0.39 is 0 Å². The Hall–Kier alpha value is -2.60. The van der Waals surface area contributed by atoms with Gasteiger partial charge in [-0.05, 0) is 36.6 Å². The second kappa shape index (κ2) is 7.56. The highest BCUT2D eigenvalue weighted by atomic mass is 32.2. The molecule has 0 fully saturated rings. The Kier molecular flexibility index (Phi) is 4.99. The Morgan fingerprint density at radius 1 is 1.15 bits per heavy atom. The molecule has 0 saturated carbocycles. The predicted molar refractivity (Wildman–Crippen MR) is 110 cm³/mol. The van der Waals surface area contributed by atoms with Gasteiger partial charge in [0, 0.05) is 18.8 Å². The molecule has 0 spiro atoms. The highest BCUT2D eigenvalue weighted by molar-refractivity contribution is 7.99. The minimum Gasteiger partial charge on any atom is -0.311 e. The Bertz CT molecular complexity index is 1060. The van der Waals surface area contributed by atoms with Crippen molar-refractivity contribution in [3.05, 3.63) is 64.4 Å². The average Bonchev–Trinajstić information content (AvgIpc) is 3.13. The van der Waals surface area contributed by atoms with Crippen LogP contribution < -0.4 is 10.5 Å². The standard InChI is InChI=1S/C21H21N3O2S/c1-2-12-24-20(26)16-8-4-5-9-17(16)22-21(24)27-14-19(25)23-13-11-15-7-3-6-10-18(15)23/h3-10H,2,11-14H2,1H3. The summed E-state index contributed by atoms with van der Waals surface area (Å²) < 4.78 is 1.69. The lowest BCUT2D eigenvalue weighted by molar-refractivity contribution is -0.116. The minimum atomic E-state index is -0.0380. The number of carbonyl (C=O) groups excluding carboxylic acids is 1. The molecule has 6 heteroatoms. The summed E-state index contributed by atoms with van der Waals surface area (Å²) in [6.07, 6.45) is 1.72. The third-order valence-electron chi connectivity index (χ3n) is 4.79. The molecule has 27 heavy (non-hydrogen) atoms. The zero-order valence-electron chi connectivity index (χ0n) is 15.2. The number of hydrogen-bond donors (Lipinski definition) is 0. The van der Waals surface area contributed by atoms with Crippen molar-refractivity contribution in [2.45, 2.75) is 31.5 Å². The maximum atomic E-state index is 12.8. The number of para-hydroxylation sites is 2. The summed E-state index contributed by atoms with van der Waals surface area (Å²) in [6, 6.07) is 15.4. The predicted octanol–water partition coefficient (Wildman–Crippen LogP) is 3.49. The van der Waals surface area contributed by atoms with Crippen molar-refractivity contribution >= 4 is 34.3 Å². The van der Waals surface area contributed by atoms with Crippen LogP contribution in [0.25, 0.3) is 10.9 Å². The van der Waals surface area contributed by atoms with Gasteiger partial charge in [-0.3, -0.25) is 14.2 Å². The van der Waals surface area contributed by atoms with E-state index >= 15 is 0 Å². The van der Waals surface area contributed by atoms with Gasteiger partial charge in [-0.25, -0.2) is 4.98 Å². The van der Waals surface area contributed by atoms with Gasteiger partial charge in [0.15, 0.2) is 5.16 Å². The largest absolute Gasteiger partial charge is 0.311 e. The molecule has 1 amide bonds. The van der Waals surface area contributed by atoms with Gasteiger partial charge in [-0.2, -0.15) is 0 Å². The fraction of sp³-hybridized carbons (Fsp3) is 0.286. The molecule has 0 aliphatic carbocycles. The van der Waals surface area contributed by atoms with Crippen LogP contribution in [-0.4, -0.2) is 27.8 Å². The van der Waals surface area contributed by atoms with E-state index in [1.54, 1.807) is 10.6 Å². The van der Waals surface area contributed by atoms with E-state index in [1.807, 2.05) is 48.2 Å². The fourth-order valence-electron chi connectivity index (χ4n) is 3.48. The quantitative estimate of drug-likeness (QED) is 0.503. The van der Waals surface area contributed by atoms with Gasteiger partial charge in [0.05, 0.1) is 16.7 Å². The van der Waals surface area contributed by atoms with E-state index in [2.05, 4.69) is 11.1 Å². The highest BCUT2D eigenvalue weighted by Gasteiger charge is 2.24. The van der Waals surface area contributed by atoms with Gasteiger partial charge in [0.2, 0.25) is 5.91 Å². The van der Waals surface area contributed by atoms with Crippen molar-refractivity contribution in [1.82, 2.24) is 9.55 Å². The molecular weight excluding hydrogens is 358 g/mol. The maximum Gasteiger partial charge on any atom is 0.262 e. The van der Waals surface area contributed by atoms with Gasteiger partial charge in [-0.1, -0.05) is 49.0 Å². The summed E-state index contributed by atoms with van der Waals surface area (Å²) in [5.74, 6) is 0.318. The molecule has 0 unspecified atom stereocenters. The number of anilines is 1. The molecule has 3 aromatic rings. The van der Waals surface area contributed by atoms with Crippen LogP contribution in [0.15, 0.2) is 58.5 Å². The number of amides is 1. The molecule has 1 aliphatic heterocycles. The second-order valence-corrected chi connectivity index (χ2v) is 7.52. The molecule has 4 rings (SSSR count). The number of benzene rings is 2. The number of aromatic nitrogens is 2. The van der Waals surface area contributed by atoms with Crippen LogP contribution in [0.2, 0.25) is 0 Å². The number of hydrogen-bond acceptors (Lipinski definition) is 4. The first-order chi connectivity index (χ1) is 13.2. The molecule has 0 radical (unpaired) electrons. The summed E-state index contributed by atoms with van der Waals surface area (Å²) in [6.45, 7) is 3.34. The highest BCUT2D eigenvalue weighted by Crippen LogP contribution is 2.28. The monoisotopic (exact) mass is 379 g/mol. The molecule has 138 valence electrons. The lowest BCUT2D eigenvalue weighted by atomic mass is 10.2. The lowest BCUT2D eigenvalue weighted by Crippen LogP contribution is -2.31. The van der Waals surface area contributed by atoms with Crippen molar-refractivity contribution in [2.75, 3.05) is 17.2 Å². The summed E-state index contributed by atoms with van der Waals surface area (Å²) in [5, 5.41) is 1.23. The first-order valence-electron chi connectivity index (χ1n) is 9.19.